The molecular formula is C8H9ClO. The molecule has 0 saturated heterocycles. The lowest BCUT2D eigenvalue weighted by atomic mass is 10.2. The highest BCUT2D eigenvalue weighted by atomic mass is 35.5. The highest BCUT2D eigenvalue weighted by Gasteiger charge is 1.90. The van der Waals surface area contributed by atoms with Crippen molar-refractivity contribution >= 4 is 11.6 Å². The van der Waals surface area contributed by atoms with Gasteiger partial charge < -0.3 is 4.74 Å². The number of rotatable bonds is 2. The highest BCUT2D eigenvalue weighted by Crippen LogP contribution is 2.12. The SMILES string of the molecule is [2H]c1c([2H])c(C([2H])([2H])Cl)c([2H])c([2H])c1OC. The van der Waals surface area contributed by atoms with E-state index in [2.05, 4.69) is 0 Å². The summed E-state index contributed by atoms with van der Waals surface area (Å²) >= 11 is 5.39. The van der Waals surface area contributed by atoms with Crippen molar-refractivity contribution in [3.8, 4) is 5.75 Å². The van der Waals surface area contributed by atoms with Crippen LogP contribution in [0.15, 0.2) is 24.2 Å². The van der Waals surface area contributed by atoms with E-state index < -0.39 is 35.6 Å². The van der Waals surface area contributed by atoms with E-state index in [0.717, 1.165) is 0 Å². The van der Waals surface area contributed by atoms with E-state index in [4.69, 9.17) is 24.6 Å². The molecule has 0 unspecified atom stereocenters. The summed E-state index contributed by atoms with van der Waals surface area (Å²) in [5.41, 5.74) is -0.482. The average Bonchev–Trinajstić information content (AvgIpc) is 2.14. The fourth-order valence-corrected chi connectivity index (χ4v) is 0.545. The van der Waals surface area contributed by atoms with Crippen LogP contribution in [0.1, 0.15) is 13.8 Å². The van der Waals surface area contributed by atoms with E-state index in [9.17, 15) is 0 Å². The minimum absolute atomic E-state index is 0.223. The van der Waals surface area contributed by atoms with Crippen molar-refractivity contribution in [3.63, 3.8) is 0 Å². The third-order valence-electron chi connectivity index (χ3n) is 0.901. The molecule has 2 heteroatoms. The molecule has 1 aromatic carbocycles. The van der Waals surface area contributed by atoms with E-state index in [1.807, 2.05) is 0 Å². The fourth-order valence-electron chi connectivity index (χ4n) is 0.450. The molecule has 10 heavy (non-hydrogen) atoms. The molecule has 0 N–H and O–H groups in total. The smallest absolute Gasteiger partial charge is 0.118 e. The van der Waals surface area contributed by atoms with Crippen LogP contribution in [0.4, 0.5) is 0 Å². The zero-order chi connectivity index (χ0) is 12.7. The van der Waals surface area contributed by atoms with Crippen LogP contribution in [-0.2, 0) is 5.83 Å². The molecule has 0 spiro atoms. The van der Waals surface area contributed by atoms with Gasteiger partial charge in [0.25, 0.3) is 0 Å². The van der Waals surface area contributed by atoms with E-state index in [1.165, 1.54) is 7.11 Å². The molecule has 0 amide bonds. The normalized spacial score (nSPS) is 19.4. The molecule has 0 heterocycles. The Bertz CT molecular complexity index is 399. The maximum atomic E-state index is 7.54. The zero-order valence-electron chi connectivity index (χ0n) is 11.3. The maximum absolute atomic E-state index is 7.54. The van der Waals surface area contributed by atoms with E-state index in [-0.39, 0.29) is 5.75 Å². The van der Waals surface area contributed by atoms with Crippen LogP contribution in [0, 0.1) is 0 Å². The number of alkyl halides is 1. The number of methoxy groups -OCH3 is 1. The second-order valence-corrected chi connectivity index (χ2v) is 1.69. The maximum Gasteiger partial charge on any atom is 0.118 e. The molecule has 0 saturated carbocycles. The van der Waals surface area contributed by atoms with Crippen molar-refractivity contribution < 1.29 is 13.0 Å². The number of benzene rings is 1. The van der Waals surface area contributed by atoms with Gasteiger partial charge in [-0.2, -0.15) is 0 Å². The molecule has 0 fully saturated rings. The van der Waals surface area contributed by atoms with Crippen molar-refractivity contribution in [2.75, 3.05) is 7.11 Å². The molecule has 1 aromatic rings. The molecule has 0 bridgehead atoms. The Hall–Kier alpha value is -0.690. The Labute approximate surface area is 74.0 Å². The standard InChI is InChI=1S/C8H9ClO/c1-10-8-4-2-7(6-9)3-5-8/h2-5H,6H2,1H3/i2D,3D,4D,5D,6D2. The summed E-state index contributed by atoms with van der Waals surface area (Å²) in [6.45, 7) is 0. The molecule has 54 valence electrons. The molecular weight excluding hydrogens is 148 g/mol. The summed E-state index contributed by atoms with van der Waals surface area (Å²) in [7, 11) is 1.22. The topological polar surface area (TPSA) is 9.23 Å². The number of halogens is 1. The van der Waals surface area contributed by atoms with E-state index in [1.54, 1.807) is 0 Å². The molecule has 1 nitrogen and oxygen atoms in total. The number of hydrogen-bond acceptors (Lipinski definition) is 1. The molecule has 0 aromatic heterocycles. The zero-order valence-corrected chi connectivity index (χ0v) is 6.04. The van der Waals surface area contributed by atoms with Crippen LogP contribution in [0.3, 0.4) is 0 Å². The summed E-state index contributed by atoms with van der Waals surface area (Å²) in [5, 5.41) is 0. The van der Waals surface area contributed by atoms with Gasteiger partial charge in [-0.15, -0.1) is 11.6 Å². The second kappa shape index (κ2) is 3.47. The Balaban J connectivity index is 3.67. The summed E-state index contributed by atoms with van der Waals surface area (Å²) in [6, 6.07) is -1.94. The Kier molecular flexibility index (Phi) is 0.952. The molecule has 1 rings (SSSR count). The monoisotopic (exact) mass is 162 g/mol. The van der Waals surface area contributed by atoms with Gasteiger partial charge in [-0.05, 0) is 17.6 Å². The predicted octanol–water partition coefficient (Wildman–Crippen LogP) is 2.43. The lowest BCUT2D eigenvalue weighted by Crippen LogP contribution is -1.82. The van der Waals surface area contributed by atoms with Crippen molar-refractivity contribution in [2.24, 2.45) is 0 Å². The van der Waals surface area contributed by atoms with E-state index in [0.29, 0.717) is 0 Å². The van der Waals surface area contributed by atoms with Gasteiger partial charge >= 0.3 is 0 Å². The Morgan fingerprint density at radius 1 is 1.60 bits per heavy atom. The molecule has 0 aliphatic heterocycles. The third-order valence-corrected chi connectivity index (χ3v) is 1.09. The van der Waals surface area contributed by atoms with Gasteiger partial charge in [0.2, 0.25) is 0 Å². The molecule has 0 atom stereocenters. The van der Waals surface area contributed by atoms with Gasteiger partial charge in [-0.1, -0.05) is 12.1 Å². The van der Waals surface area contributed by atoms with Gasteiger partial charge in [-0.3, -0.25) is 0 Å². The van der Waals surface area contributed by atoms with Crippen LogP contribution >= 0.6 is 11.6 Å². The minimum Gasteiger partial charge on any atom is -0.497 e. The van der Waals surface area contributed by atoms with Gasteiger partial charge in [0.15, 0.2) is 0 Å². The third kappa shape index (κ3) is 1.64. The molecule has 0 aliphatic carbocycles. The number of ether oxygens (including phenoxy) is 1. The quantitative estimate of drug-likeness (QED) is 0.607. The Morgan fingerprint density at radius 3 is 2.60 bits per heavy atom. The average molecular weight is 163 g/mol. The second-order valence-electron chi connectivity index (χ2n) is 1.50. The van der Waals surface area contributed by atoms with Crippen LogP contribution in [0.5, 0.6) is 5.75 Å². The van der Waals surface area contributed by atoms with Gasteiger partial charge in [0.05, 0.1) is 12.6 Å². The molecule has 0 aliphatic rings. The first-order chi connectivity index (χ1) is 7.21. The lowest BCUT2D eigenvalue weighted by Gasteiger charge is -1.98. The number of hydrogen-bond donors (Lipinski definition) is 0. The summed E-state index contributed by atoms with van der Waals surface area (Å²) in [4.78, 5) is 0. The van der Waals surface area contributed by atoms with E-state index >= 15 is 0 Å². The first-order valence-corrected chi connectivity index (χ1v) is 2.93. The predicted molar refractivity (Wildman–Crippen MR) is 42.6 cm³/mol. The first-order valence-electron chi connectivity index (χ1n) is 5.55. The highest BCUT2D eigenvalue weighted by molar-refractivity contribution is 6.17. The fraction of sp³-hybridized carbons (Fsp3) is 0.250. The van der Waals surface area contributed by atoms with Crippen molar-refractivity contribution in [3.05, 3.63) is 29.7 Å². The van der Waals surface area contributed by atoms with Crippen molar-refractivity contribution in [1.82, 2.24) is 0 Å². The van der Waals surface area contributed by atoms with Crippen molar-refractivity contribution in [1.29, 1.82) is 0 Å². The van der Waals surface area contributed by atoms with Gasteiger partial charge in [0.1, 0.15) is 5.75 Å². The first kappa shape index (κ1) is 2.74. The van der Waals surface area contributed by atoms with Crippen LogP contribution in [0.2, 0.25) is 0 Å². The van der Waals surface area contributed by atoms with Crippen LogP contribution < -0.4 is 4.74 Å². The Morgan fingerprint density at radius 2 is 2.20 bits per heavy atom. The van der Waals surface area contributed by atoms with Crippen LogP contribution in [-0.4, -0.2) is 7.11 Å². The van der Waals surface area contributed by atoms with Crippen LogP contribution in [0.25, 0.3) is 0 Å². The molecule has 0 radical (unpaired) electrons. The summed E-state index contributed by atoms with van der Waals surface area (Å²) in [6.07, 6.45) is 0. The van der Waals surface area contributed by atoms with Gasteiger partial charge in [0, 0.05) is 8.57 Å². The summed E-state index contributed by atoms with van der Waals surface area (Å²) < 4.78 is 49.3. The van der Waals surface area contributed by atoms with Gasteiger partial charge in [-0.25, -0.2) is 0 Å². The summed E-state index contributed by atoms with van der Waals surface area (Å²) in [5.74, 6) is -2.67. The van der Waals surface area contributed by atoms with Crippen molar-refractivity contribution in [2.45, 2.75) is 5.83 Å². The lowest BCUT2D eigenvalue weighted by molar-refractivity contribution is 0.414. The minimum atomic E-state index is -2.45. The largest absolute Gasteiger partial charge is 0.497 e.